The summed E-state index contributed by atoms with van der Waals surface area (Å²) >= 11 is 3.15. The van der Waals surface area contributed by atoms with Gasteiger partial charge in [-0.25, -0.2) is 0 Å². The molecule has 0 spiro atoms. The summed E-state index contributed by atoms with van der Waals surface area (Å²) in [7, 11) is 0. The van der Waals surface area contributed by atoms with E-state index in [0.717, 1.165) is 18.4 Å². The second-order valence-electron chi connectivity index (χ2n) is 7.14. The molecule has 0 N–H and O–H groups in total. The summed E-state index contributed by atoms with van der Waals surface area (Å²) in [5.41, 5.74) is 0. The first-order chi connectivity index (χ1) is 11.6. The van der Waals surface area contributed by atoms with Gasteiger partial charge >= 0.3 is 5.97 Å². The largest absolute Gasteiger partial charge is 0.446 e. The van der Waals surface area contributed by atoms with Crippen molar-refractivity contribution in [3.05, 3.63) is 0 Å². The molecule has 0 aromatic heterocycles. The second-order valence-corrected chi connectivity index (χ2v) is 8.26. The number of nitrogens with zero attached hydrogens (tertiary/aromatic N) is 1. The molecule has 3 nitrogen and oxygen atoms in total. The molecule has 2 rings (SSSR count). The van der Waals surface area contributed by atoms with E-state index in [1.807, 2.05) is 13.8 Å². The van der Waals surface area contributed by atoms with E-state index in [-0.39, 0.29) is 18.1 Å². The van der Waals surface area contributed by atoms with Crippen LogP contribution in [0.1, 0.15) is 79.1 Å². The zero-order valence-corrected chi connectivity index (χ0v) is 17.8. The maximum Gasteiger partial charge on any atom is 0.311 e. The van der Waals surface area contributed by atoms with E-state index in [1.54, 1.807) is 0 Å². The average molecular weight is 404 g/mol. The van der Waals surface area contributed by atoms with Crippen molar-refractivity contribution in [1.82, 2.24) is 4.90 Å². The highest BCUT2D eigenvalue weighted by molar-refractivity contribution is 9.09. The van der Waals surface area contributed by atoms with Gasteiger partial charge in [-0.3, -0.25) is 9.69 Å². The molecule has 4 heteroatoms. The standard InChI is InChI=1S/C18H33NO2.C2H5Br/c1-4-19(5-2)14(3)21-18(20)17(15-10-6-7-11-15)16-12-8-9-13-16;1-2-3/h14-17H,4-13H2,1-3H3;2H2,1H3. The number of ether oxygens (including phenoxy) is 1. The quantitative estimate of drug-likeness (QED) is 0.314. The third kappa shape index (κ3) is 6.67. The van der Waals surface area contributed by atoms with E-state index >= 15 is 0 Å². The van der Waals surface area contributed by atoms with Crippen molar-refractivity contribution in [3.63, 3.8) is 0 Å². The minimum absolute atomic E-state index is 0.0854. The molecular weight excluding hydrogens is 366 g/mol. The maximum atomic E-state index is 12.8. The van der Waals surface area contributed by atoms with E-state index in [1.165, 1.54) is 51.4 Å². The van der Waals surface area contributed by atoms with Gasteiger partial charge < -0.3 is 4.74 Å². The highest BCUT2D eigenvalue weighted by Gasteiger charge is 2.39. The Bertz CT molecular complexity index is 319. The van der Waals surface area contributed by atoms with Crippen LogP contribution in [0, 0.1) is 17.8 Å². The van der Waals surface area contributed by atoms with Crippen LogP contribution in [0.15, 0.2) is 0 Å². The van der Waals surface area contributed by atoms with Crippen LogP contribution in [0.3, 0.4) is 0 Å². The van der Waals surface area contributed by atoms with Crippen LogP contribution < -0.4 is 0 Å². The summed E-state index contributed by atoms with van der Waals surface area (Å²) in [6.07, 6.45) is 10.0. The number of halogens is 1. The molecule has 0 amide bonds. The Kier molecular flexibility index (Phi) is 11.2. The smallest absolute Gasteiger partial charge is 0.311 e. The molecule has 0 aliphatic heterocycles. The molecule has 0 heterocycles. The van der Waals surface area contributed by atoms with Crippen molar-refractivity contribution >= 4 is 21.9 Å². The zero-order chi connectivity index (χ0) is 17.9. The Morgan fingerprint density at radius 3 is 1.71 bits per heavy atom. The molecule has 0 bridgehead atoms. The summed E-state index contributed by atoms with van der Waals surface area (Å²) in [5, 5.41) is 1.06. The topological polar surface area (TPSA) is 29.5 Å². The van der Waals surface area contributed by atoms with E-state index in [4.69, 9.17) is 4.74 Å². The van der Waals surface area contributed by atoms with Crippen LogP contribution in [-0.2, 0) is 9.53 Å². The van der Waals surface area contributed by atoms with Crippen molar-refractivity contribution in [3.8, 4) is 0 Å². The molecule has 24 heavy (non-hydrogen) atoms. The fourth-order valence-electron chi connectivity index (χ4n) is 4.46. The highest BCUT2D eigenvalue weighted by Crippen LogP contribution is 2.42. The molecular formula is C20H38BrNO2. The van der Waals surface area contributed by atoms with Gasteiger partial charge in [0.15, 0.2) is 6.23 Å². The van der Waals surface area contributed by atoms with Crippen LogP contribution in [-0.4, -0.2) is 35.5 Å². The molecule has 1 unspecified atom stereocenters. The van der Waals surface area contributed by atoms with Crippen LogP contribution in [0.2, 0.25) is 0 Å². The normalized spacial score (nSPS) is 20.3. The monoisotopic (exact) mass is 403 g/mol. The molecule has 2 aliphatic rings. The summed E-state index contributed by atoms with van der Waals surface area (Å²) in [4.78, 5) is 15.0. The lowest BCUT2D eigenvalue weighted by Crippen LogP contribution is -2.40. The highest BCUT2D eigenvalue weighted by atomic mass is 79.9. The zero-order valence-electron chi connectivity index (χ0n) is 16.2. The van der Waals surface area contributed by atoms with Crippen LogP contribution >= 0.6 is 15.9 Å². The molecule has 2 saturated carbocycles. The second kappa shape index (κ2) is 12.3. The fraction of sp³-hybridized carbons (Fsp3) is 0.950. The van der Waals surface area contributed by atoms with E-state index in [2.05, 4.69) is 34.7 Å². The summed E-state index contributed by atoms with van der Waals surface area (Å²) in [6.45, 7) is 10.2. The first-order valence-electron chi connectivity index (χ1n) is 10.1. The summed E-state index contributed by atoms with van der Waals surface area (Å²) < 4.78 is 5.87. The van der Waals surface area contributed by atoms with E-state index in [0.29, 0.717) is 11.8 Å². The first-order valence-corrected chi connectivity index (χ1v) is 11.2. The van der Waals surface area contributed by atoms with Gasteiger partial charge in [0.05, 0.1) is 5.92 Å². The average Bonchev–Trinajstić information content (AvgIpc) is 3.23. The van der Waals surface area contributed by atoms with Gasteiger partial charge in [-0.15, -0.1) is 0 Å². The number of carbonyl (C=O) groups excluding carboxylic acids is 1. The molecule has 142 valence electrons. The Labute approximate surface area is 158 Å². The SMILES string of the molecule is CCBr.CCN(CC)C(C)OC(=O)C(C1CCCC1)C1CCCC1. The number of rotatable bonds is 7. The van der Waals surface area contributed by atoms with Gasteiger partial charge in [0.2, 0.25) is 0 Å². The predicted octanol–water partition coefficient (Wildman–Crippen LogP) is 5.62. The number of esters is 1. The van der Waals surface area contributed by atoms with Crippen molar-refractivity contribution in [2.45, 2.75) is 85.3 Å². The number of hydrogen-bond donors (Lipinski definition) is 0. The fourth-order valence-corrected chi connectivity index (χ4v) is 4.46. The predicted molar refractivity (Wildman–Crippen MR) is 105 cm³/mol. The number of alkyl halides is 1. The van der Waals surface area contributed by atoms with Crippen molar-refractivity contribution in [2.24, 2.45) is 17.8 Å². The molecule has 0 saturated heterocycles. The van der Waals surface area contributed by atoms with Gasteiger partial charge in [0, 0.05) is 5.33 Å². The van der Waals surface area contributed by atoms with Gasteiger partial charge in [-0.2, -0.15) is 0 Å². The Morgan fingerprint density at radius 1 is 1.00 bits per heavy atom. The van der Waals surface area contributed by atoms with Crippen molar-refractivity contribution < 1.29 is 9.53 Å². The first kappa shape index (κ1) is 22.0. The molecule has 0 radical (unpaired) electrons. The van der Waals surface area contributed by atoms with Gasteiger partial charge in [0.25, 0.3) is 0 Å². The third-order valence-electron chi connectivity index (χ3n) is 5.70. The van der Waals surface area contributed by atoms with E-state index in [9.17, 15) is 4.79 Å². The van der Waals surface area contributed by atoms with Crippen LogP contribution in [0.25, 0.3) is 0 Å². The molecule has 2 fully saturated rings. The Balaban J connectivity index is 0.000000891. The Hall–Kier alpha value is -0.0900. The Morgan fingerprint density at radius 2 is 1.38 bits per heavy atom. The van der Waals surface area contributed by atoms with Crippen LogP contribution in [0.4, 0.5) is 0 Å². The lowest BCUT2D eigenvalue weighted by Gasteiger charge is -2.31. The van der Waals surface area contributed by atoms with E-state index < -0.39 is 0 Å². The number of hydrogen-bond acceptors (Lipinski definition) is 3. The van der Waals surface area contributed by atoms with Gasteiger partial charge in [-0.05, 0) is 57.5 Å². The van der Waals surface area contributed by atoms with Crippen LogP contribution in [0.5, 0.6) is 0 Å². The molecule has 0 aromatic rings. The third-order valence-corrected chi connectivity index (χ3v) is 5.70. The molecule has 1 atom stereocenters. The van der Waals surface area contributed by atoms with Crippen molar-refractivity contribution in [2.75, 3.05) is 18.4 Å². The summed E-state index contributed by atoms with van der Waals surface area (Å²) in [5.74, 6) is 1.44. The molecule has 0 aromatic carbocycles. The summed E-state index contributed by atoms with van der Waals surface area (Å²) in [6, 6.07) is 0. The minimum Gasteiger partial charge on any atom is -0.446 e. The maximum absolute atomic E-state index is 12.8. The number of carbonyl (C=O) groups is 1. The lowest BCUT2D eigenvalue weighted by atomic mass is 9.79. The van der Waals surface area contributed by atoms with Crippen molar-refractivity contribution in [1.29, 1.82) is 0 Å². The lowest BCUT2D eigenvalue weighted by molar-refractivity contribution is -0.166. The van der Waals surface area contributed by atoms with Gasteiger partial charge in [-0.1, -0.05) is 62.4 Å². The van der Waals surface area contributed by atoms with Gasteiger partial charge in [0.1, 0.15) is 0 Å². The molecule has 2 aliphatic carbocycles. The minimum atomic E-state index is -0.0854.